The molecule has 0 heterocycles. The summed E-state index contributed by atoms with van der Waals surface area (Å²) >= 11 is 3.01. The molecule has 0 bridgehead atoms. The molecule has 0 saturated heterocycles. The van der Waals surface area contributed by atoms with E-state index in [0.29, 0.717) is 17.6 Å². The average Bonchev–Trinajstić information content (AvgIpc) is 3.22. The minimum absolute atomic E-state index is 0.0254. The van der Waals surface area contributed by atoms with Crippen molar-refractivity contribution in [2.45, 2.75) is 25.1 Å². The van der Waals surface area contributed by atoms with Gasteiger partial charge >= 0.3 is 6.18 Å². The lowest BCUT2D eigenvalue weighted by Crippen LogP contribution is -2.37. The van der Waals surface area contributed by atoms with Crippen LogP contribution >= 0.6 is 15.9 Å². The number of hydrogen-bond acceptors (Lipinski definition) is 2. The van der Waals surface area contributed by atoms with E-state index in [4.69, 9.17) is 4.74 Å². The largest absolute Gasteiger partial charge is 0.417 e. The number of amides is 1. The number of carbonyl (C=O) groups is 1. The molecule has 0 atom stereocenters. The van der Waals surface area contributed by atoms with Gasteiger partial charge in [0.1, 0.15) is 0 Å². The highest BCUT2D eigenvalue weighted by molar-refractivity contribution is 9.10. The summed E-state index contributed by atoms with van der Waals surface area (Å²) in [6.07, 6.45) is -2.91. The van der Waals surface area contributed by atoms with Crippen LogP contribution in [0.5, 0.6) is 0 Å². The molecule has 0 N–H and O–H groups in total. The zero-order chi connectivity index (χ0) is 15.6. The van der Waals surface area contributed by atoms with Gasteiger partial charge in [-0.2, -0.15) is 13.2 Å². The SMILES string of the molecule is COCCN(C(=O)c1ccc(Br)cc1C(F)(F)F)C1CC1. The maximum atomic E-state index is 13.1. The first-order valence-corrected chi connectivity index (χ1v) is 7.30. The topological polar surface area (TPSA) is 29.5 Å². The van der Waals surface area contributed by atoms with Gasteiger partial charge in [-0.15, -0.1) is 0 Å². The molecule has 1 aromatic rings. The number of nitrogens with zero attached hydrogens (tertiary/aromatic N) is 1. The molecule has 1 aliphatic rings. The number of benzene rings is 1. The summed E-state index contributed by atoms with van der Waals surface area (Å²) in [6, 6.07) is 3.63. The predicted molar refractivity (Wildman–Crippen MR) is 75.1 cm³/mol. The average molecular weight is 366 g/mol. The van der Waals surface area contributed by atoms with Crippen LogP contribution < -0.4 is 0 Å². The van der Waals surface area contributed by atoms with E-state index in [9.17, 15) is 18.0 Å². The quantitative estimate of drug-likeness (QED) is 0.795. The first-order chi connectivity index (χ1) is 9.84. The highest BCUT2D eigenvalue weighted by Crippen LogP contribution is 2.36. The maximum Gasteiger partial charge on any atom is 0.417 e. The molecule has 1 fully saturated rings. The normalized spacial score (nSPS) is 15.1. The lowest BCUT2D eigenvalue weighted by molar-refractivity contribution is -0.138. The van der Waals surface area contributed by atoms with Crippen LogP contribution in [0, 0.1) is 0 Å². The van der Waals surface area contributed by atoms with E-state index in [2.05, 4.69) is 15.9 Å². The van der Waals surface area contributed by atoms with E-state index in [0.717, 1.165) is 18.9 Å². The molecule has 3 nitrogen and oxygen atoms in total. The highest BCUT2D eigenvalue weighted by atomic mass is 79.9. The monoisotopic (exact) mass is 365 g/mol. The van der Waals surface area contributed by atoms with Crippen LogP contribution in [-0.2, 0) is 10.9 Å². The third kappa shape index (κ3) is 3.97. The fourth-order valence-electron chi connectivity index (χ4n) is 2.12. The molecule has 0 spiro atoms. The molecule has 1 aromatic carbocycles. The van der Waals surface area contributed by atoms with Crippen molar-refractivity contribution in [3.05, 3.63) is 33.8 Å². The molecule has 0 radical (unpaired) electrons. The third-order valence-electron chi connectivity index (χ3n) is 3.30. The van der Waals surface area contributed by atoms with Gasteiger partial charge in [-0.3, -0.25) is 4.79 Å². The Morgan fingerprint density at radius 2 is 2.10 bits per heavy atom. The Kier molecular flexibility index (Phi) is 4.93. The minimum atomic E-state index is -4.56. The second kappa shape index (κ2) is 6.36. The highest BCUT2D eigenvalue weighted by Gasteiger charge is 2.39. The Morgan fingerprint density at radius 3 is 2.62 bits per heavy atom. The van der Waals surface area contributed by atoms with Crippen LogP contribution in [0.2, 0.25) is 0 Å². The van der Waals surface area contributed by atoms with E-state index < -0.39 is 17.6 Å². The number of halogens is 4. The van der Waals surface area contributed by atoms with Gasteiger partial charge in [0.2, 0.25) is 0 Å². The number of rotatable bonds is 5. The van der Waals surface area contributed by atoms with Crippen molar-refractivity contribution < 1.29 is 22.7 Å². The van der Waals surface area contributed by atoms with E-state index in [1.54, 1.807) is 0 Å². The number of hydrogen-bond donors (Lipinski definition) is 0. The Balaban J connectivity index is 2.33. The molecule has 1 saturated carbocycles. The minimum Gasteiger partial charge on any atom is -0.383 e. The lowest BCUT2D eigenvalue weighted by Gasteiger charge is -2.24. The molecule has 7 heteroatoms. The summed E-state index contributed by atoms with van der Waals surface area (Å²) in [7, 11) is 1.50. The molecule has 21 heavy (non-hydrogen) atoms. The van der Waals surface area contributed by atoms with Crippen LogP contribution in [0.1, 0.15) is 28.8 Å². The first-order valence-electron chi connectivity index (χ1n) is 6.51. The van der Waals surface area contributed by atoms with Crippen LogP contribution in [0.25, 0.3) is 0 Å². The fourth-order valence-corrected chi connectivity index (χ4v) is 2.48. The second-order valence-corrected chi connectivity index (χ2v) is 5.83. The smallest absolute Gasteiger partial charge is 0.383 e. The van der Waals surface area contributed by atoms with Crippen LogP contribution in [-0.4, -0.2) is 37.1 Å². The first kappa shape index (κ1) is 16.3. The third-order valence-corrected chi connectivity index (χ3v) is 3.80. The fraction of sp³-hybridized carbons (Fsp3) is 0.500. The van der Waals surface area contributed by atoms with Crippen LogP contribution in [0.4, 0.5) is 13.2 Å². The van der Waals surface area contributed by atoms with E-state index >= 15 is 0 Å². The van der Waals surface area contributed by atoms with Crippen molar-refractivity contribution in [3.63, 3.8) is 0 Å². The van der Waals surface area contributed by atoms with Gasteiger partial charge in [-0.05, 0) is 31.0 Å². The van der Waals surface area contributed by atoms with Gasteiger partial charge in [0.15, 0.2) is 0 Å². The van der Waals surface area contributed by atoms with E-state index in [1.165, 1.54) is 24.1 Å². The van der Waals surface area contributed by atoms with E-state index in [-0.39, 0.29) is 11.6 Å². The van der Waals surface area contributed by atoms with E-state index in [1.807, 2.05) is 0 Å². The number of ether oxygens (including phenoxy) is 1. The molecule has 0 aliphatic heterocycles. The van der Waals surface area contributed by atoms with Gasteiger partial charge < -0.3 is 9.64 Å². The summed E-state index contributed by atoms with van der Waals surface area (Å²) in [6.45, 7) is 0.605. The number of carbonyl (C=O) groups excluding carboxylic acids is 1. The second-order valence-electron chi connectivity index (χ2n) is 4.91. The Hall–Kier alpha value is -1.08. The van der Waals surface area contributed by atoms with Gasteiger partial charge in [-0.1, -0.05) is 15.9 Å². The van der Waals surface area contributed by atoms with Gasteiger partial charge in [0, 0.05) is 24.2 Å². The van der Waals surface area contributed by atoms with Crippen LogP contribution in [0.15, 0.2) is 22.7 Å². The molecule has 1 amide bonds. The number of alkyl halides is 3. The van der Waals surface area contributed by atoms with Gasteiger partial charge in [0.25, 0.3) is 5.91 Å². The Bertz CT molecular complexity index is 529. The lowest BCUT2D eigenvalue weighted by atomic mass is 10.1. The molecule has 0 unspecified atom stereocenters. The van der Waals surface area contributed by atoms with Crippen molar-refractivity contribution in [1.82, 2.24) is 4.90 Å². The van der Waals surface area contributed by atoms with Crippen molar-refractivity contribution in [1.29, 1.82) is 0 Å². The van der Waals surface area contributed by atoms with Gasteiger partial charge in [-0.25, -0.2) is 0 Å². The summed E-state index contributed by atoms with van der Waals surface area (Å²) in [5, 5.41) is 0. The molecule has 0 aromatic heterocycles. The standard InChI is InChI=1S/C14H15BrF3NO2/c1-21-7-6-19(10-3-4-10)13(20)11-5-2-9(15)8-12(11)14(16,17)18/h2,5,8,10H,3-4,6-7H2,1H3. The number of methoxy groups -OCH3 is 1. The van der Waals surface area contributed by atoms with Crippen molar-refractivity contribution in [3.8, 4) is 0 Å². The summed E-state index contributed by atoms with van der Waals surface area (Å²) in [5.41, 5.74) is -1.22. The zero-order valence-electron chi connectivity index (χ0n) is 11.4. The van der Waals surface area contributed by atoms with Crippen molar-refractivity contribution in [2.75, 3.05) is 20.3 Å². The molecular weight excluding hydrogens is 351 g/mol. The molecule has 1 aliphatic carbocycles. The zero-order valence-corrected chi connectivity index (χ0v) is 13.0. The Labute approximate surface area is 129 Å². The van der Waals surface area contributed by atoms with Gasteiger partial charge in [0.05, 0.1) is 17.7 Å². The Morgan fingerprint density at radius 1 is 1.43 bits per heavy atom. The molecule has 116 valence electrons. The predicted octanol–water partition coefficient (Wildman–Crippen LogP) is 3.72. The van der Waals surface area contributed by atoms with Crippen LogP contribution in [0.3, 0.4) is 0 Å². The summed E-state index contributed by atoms with van der Waals surface area (Å²) in [5.74, 6) is -0.589. The molecular formula is C14H15BrF3NO2. The van der Waals surface area contributed by atoms with Crippen molar-refractivity contribution >= 4 is 21.8 Å². The summed E-state index contributed by atoms with van der Waals surface area (Å²) < 4.78 is 44.5. The van der Waals surface area contributed by atoms with Crippen molar-refractivity contribution in [2.24, 2.45) is 0 Å². The summed E-state index contributed by atoms with van der Waals surface area (Å²) in [4.78, 5) is 13.9. The maximum absolute atomic E-state index is 13.1. The molecule has 2 rings (SSSR count).